The summed E-state index contributed by atoms with van der Waals surface area (Å²) in [6.45, 7) is 4.17. The minimum absolute atomic E-state index is 0.00510. The number of aliphatic hydroxyl groups excluding tert-OH is 1. The molecule has 6 atom stereocenters. The second-order valence-electron chi connectivity index (χ2n) is 7.25. The van der Waals surface area contributed by atoms with Crippen LogP contribution < -0.4 is 15.2 Å². The van der Waals surface area contributed by atoms with Gasteiger partial charge in [0.1, 0.15) is 5.70 Å². The molecule has 3 heterocycles. The van der Waals surface area contributed by atoms with Crippen molar-refractivity contribution in [3.63, 3.8) is 0 Å². The van der Waals surface area contributed by atoms with E-state index in [0.717, 1.165) is 0 Å². The van der Waals surface area contributed by atoms with E-state index in [1.165, 1.54) is 16.7 Å². The third-order valence-corrected chi connectivity index (χ3v) is 7.40. The van der Waals surface area contributed by atoms with E-state index >= 15 is 0 Å². The van der Waals surface area contributed by atoms with E-state index in [2.05, 4.69) is 10.0 Å². The smallest absolute Gasteiger partial charge is 0.353 e. The maximum atomic E-state index is 12.3. The molecule has 0 radical (unpaired) electrons. The first-order valence-electron chi connectivity index (χ1n) is 8.67. The number of aliphatic carboxylic acids is 1. The van der Waals surface area contributed by atoms with Crippen LogP contribution in [0.4, 0.5) is 0 Å². The zero-order valence-corrected chi connectivity index (χ0v) is 16.6. The van der Waals surface area contributed by atoms with E-state index in [0.29, 0.717) is 17.9 Å². The molecule has 0 saturated carbocycles. The summed E-state index contributed by atoms with van der Waals surface area (Å²) in [5.41, 5.74) is 0.00510. The molecule has 6 N–H and O–H groups in total. The summed E-state index contributed by atoms with van der Waals surface area (Å²) >= 11 is 1.41. The summed E-state index contributed by atoms with van der Waals surface area (Å²) in [5.74, 6) is -2.27. The number of β-lactam (4-membered cyclic amide) rings is 1. The molecule has 0 aromatic rings. The highest BCUT2D eigenvalue weighted by molar-refractivity contribution is 8.03. The number of amides is 1. The first kappa shape index (κ1) is 20.6. The molecule has 0 bridgehead atoms. The summed E-state index contributed by atoms with van der Waals surface area (Å²) in [7, 11) is -3.76. The van der Waals surface area contributed by atoms with Gasteiger partial charge in [-0.2, -0.15) is 8.42 Å². The zero-order chi connectivity index (χ0) is 20.1. The van der Waals surface area contributed by atoms with Crippen LogP contribution in [0.1, 0.15) is 20.3 Å². The number of carbonyl (C=O) groups excluding carboxylic acids is 1. The highest BCUT2D eigenvalue weighted by atomic mass is 32.2. The predicted molar refractivity (Wildman–Crippen MR) is 98.5 cm³/mol. The van der Waals surface area contributed by atoms with Crippen LogP contribution in [-0.4, -0.2) is 71.9 Å². The number of aliphatic hydroxyl groups is 1. The molecule has 2 saturated heterocycles. The van der Waals surface area contributed by atoms with Gasteiger partial charge in [0, 0.05) is 35.2 Å². The molecular formula is C15H24N4O6S2. The van der Waals surface area contributed by atoms with Crippen LogP contribution in [0, 0.1) is 11.8 Å². The third kappa shape index (κ3) is 3.87. The van der Waals surface area contributed by atoms with Gasteiger partial charge in [-0.05, 0) is 13.3 Å². The summed E-state index contributed by atoms with van der Waals surface area (Å²) in [6, 6.07) is -0.435. The first-order chi connectivity index (χ1) is 12.5. The van der Waals surface area contributed by atoms with Crippen molar-refractivity contribution in [1.29, 1.82) is 0 Å². The lowest BCUT2D eigenvalue weighted by Crippen LogP contribution is -2.63. The van der Waals surface area contributed by atoms with Gasteiger partial charge in [-0.1, -0.05) is 6.92 Å². The van der Waals surface area contributed by atoms with Gasteiger partial charge in [0.25, 0.3) is 10.2 Å². The predicted octanol–water partition coefficient (Wildman–Crippen LogP) is -1.60. The fourth-order valence-corrected chi connectivity index (χ4v) is 6.05. The number of hydrogen-bond donors (Lipinski definition) is 5. The van der Waals surface area contributed by atoms with Crippen molar-refractivity contribution >= 4 is 33.8 Å². The van der Waals surface area contributed by atoms with Crippen molar-refractivity contribution in [2.24, 2.45) is 17.0 Å². The van der Waals surface area contributed by atoms with Gasteiger partial charge in [-0.15, -0.1) is 11.8 Å². The maximum Gasteiger partial charge on any atom is 0.353 e. The van der Waals surface area contributed by atoms with E-state index in [1.54, 1.807) is 6.92 Å². The van der Waals surface area contributed by atoms with Crippen molar-refractivity contribution in [2.45, 2.75) is 43.7 Å². The Kier molecular flexibility index (Phi) is 5.58. The molecule has 1 amide bonds. The van der Waals surface area contributed by atoms with E-state index in [1.807, 2.05) is 6.92 Å². The van der Waals surface area contributed by atoms with Crippen LogP contribution in [0.2, 0.25) is 0 Å². The summed E-state index contributed by atoms with van der Waals surface area (Å²) < 4.78 is 24.3. The Bertz CT molecular complexity index is 783. The van der Waals surface area contributed by atoms with Crippen molar-refractivity contribution in [1.82, 2.24) is 14.9 Å². The monoisotopic (exact) mass is 420 g/mol. The molecule has 10 nitrogen and oxygen atoms in total. The van der Waals surface area contributed by atoms with Crippen molar-refractivity contribution < 1.29 is 28.2 Å². The normalized spacial score (nSPS) is 34.6. The van der Waals surface area contributed by atoms with Gasteiger partial charge in [-0.3, -0.25) is 4.79 Å². The van der Waals surface area contributed by atoms with Gasteiger partial charge >= 0.3 is 5.97 Å². The topological polar surface area (TPSA) is 162 Å². The number of thioether (sulfide) groups is 1. The van der Waals surface area contributed by atoms with Crippen LogP contribution in [0.15, 0.2) is 10.6 Å². The third-order valence-electron chi connectivity index (χ3n) is 5.32. The summed E-state index contributed by atoms with van der Waals surface area (Å²) in [5, 5.41) is 27.7. The quantitative estimate of drug-likeness (QED) is 0.308. The van der Waals surface area contributed by atoms with Gasteiger partial charge in [-0.25, -0.2) is 14.7 Å². The Labute approximate surface area is 161 Å². The van der Waals surface area contributed by atoms with E-state index in [-0.39, 0.29) is 41.4 Å². The van der Waals surface area contributed by atoms with Crippen LogP contribution in [-0.2, 0) is 19.8 Å². The second kappa shape index (κ2) is 7.33. The second-order valence-corrected chi connectivity index (χ2v) is 9.97. The number of nitrogens with two attached hydrogens (primary N) is 1. The molecular weight excluding hydrogens is 396 g/mol. The average molecular weight is 421 g/mol. The minimum atomic E-state index is -3.76. The molecule has 3 aliphatic rings. The molecule has 2 fully saturated rings. The number of fused-ring (bicyclic) bond motifs is 1. The minimum Gasteiger partial charge on any atom is -0.477 e. The van der Waals surface area contributed by atoms with Crippen LogP contribution in [0.25, 0.3) is 0 Å². The first-order valence-corrected chi connectivity index (χ1v) is 11.1. The molecule has 0 aliphatic carbocycles. The van der Waals surface area contributed by atoms with Crippen LogP contribution >= 0.6 is 11.8 Å². The van der Waals surface area contributed by atoms with Crippen molar-refractivity contribution in [3.05, 3.63) is 10.6 Å². The Morgan fingerprint density at radius 2 is 2.19 bits per heavy atom. The van der Waals surface area contributed by atoms with Gasteiger partial charge in [0.15, 0.2) is 0 Å². The number of nitrogens with zero attached hydrogens (tertiary/aromatic N) is 1. The van der Waals surface area contributed by atoms with Crippen LogP contribution in [0.5, 0.6) is 0 Å². The van der Waals surface area contributed by atoms with Gasteiger partial charge in [0.05, 0.1) is 18.1 Å². The Morgan fingerprint density at radius 3 is 2.74 bits per heavy atom. The largest absolute Gasteiger partial charge is 0.477 e. The summed E-state index contributed by atoms with van der Waals surface area (Å²) in [6.07, 6.45) is -0.197. The molecule has 0 spiro atoms. The highest BCUT2D eigenvalue weighted by Crippen LogP contribution is 2.51. The molecule has 27 heavy (non-hydrogen) atoms. The molecule has 0 aromatic heterocycles. The van der Waals surface area contributed by atoms with Gasteiger partial charge < -0.3 is 20.4 Å². The standard InChI is InChI=1S/C15H24N4O6S2/c1-6-11-10(7(2)20)14(21)19(11)12(15(22)23)13(6)26-9-3-8(17-5-9)4-18-27(16,24)25/h6-11,17-18,20H,3-5H2,1-2H3,(H,22,23)(H2,16,24,25)/t6-,7-,8+,9+,10?,11?/m1/s1. The molecule has 12 heteroatoms. The fraction of sp³-hybridized carbons (Fsp3) is 0.733. The SMILES string of the molecule is C[C@@H](O)C1C(=O)N2C(C(=O)O)=C(S[C@@H]3CN[C@H](CNS(N)(=O)=O)C3)[C@H](C)C12. The van der Waals surface area contributed by atoms with E-state index < -0.39 is 28.2 Å². The Balaban J connectivity index is 1.71. The lowest BCUT2D eigenvalue weighted by atomic mass is 9.79. The number of carboxylic acid groups (broad SMARTS) is 1. The highest BCUT2D eigenvalue weighted by Gasteiger charge is 2.60. The number of hydrogen-bond acceptors (Lipinski definition) is 7. The summed E-state index contributed by atoms with van der Waals surface area (Å²) in [4.78, 5) is 26.1. The number of carboxylic acids is 1. The molecule has 3 rings (SSSR count). The molecule has 2 unspecified atom stereocenters. The number of carbonyl (C=O) groups is 2. The van der Waals surface area contributed by atoms with Gasteiger partial charge in [0.2, 0.25) is 5.91 Å². The zero-order valence-electron chi connectivity index (χ0n) is 15.0. The van der Waals surface area contributed by atoms with E-state index in [4.69, 9.17) is 5.14 Å². The van der Waals surface area contributed by atoms with E-state index in [9.17, 15) is 28.2 Å². The molecule has 0 aromatic carbocycles. The fourth-order valence-electron chi connectivity index (χ4n) is 4.10. The number of rotatable bonds is 7. The van der Waals surface area contributed by atoms with Crippen LogP contribution in [0.3, 0.4) is 0 Å². The molecule has 3 aliphatic heterocycles. The van der Waals surface area contributed by atoms with Crippen molar-refractivity contribution in [3.8, 4) is 0 Å². The lowest BCUT2D eigenvalue weighted by molar-refractivity contribution is -0.163. The Hall–Kier alpha value is -1.18. The maximum absolute atomic E-state index is 12.3. The molecule has 152 valence electrons. The Morgan fingerprint density at radius 1 is 1.52 bits per heavy atom. The average Bonchev–Trinajstić information content (AvgIpc) is 3.07. The number of nitrogens with one attached hydrogen (secondary N) is 2. The van der Waals surface area contributed by atoms with Crippen molar-refractivity contribution in [2.75, 3.05) is 13.1 Å². The lowest BCUT2D eigenvalue weighted by Gasteiger charge is -2.46.